The van der Waals surface area contributed by atoms with Gasteiger partial charge in [-0.1, -0.05) is 17.7 Å². The summed E-state index contributed by atoms with van der Waals surface area (Å²) in [7, 11) is 0. The molecule has 0 atom stereocenters. The minimum absolute atomic E-state index is 0.00639. The Morgan fingerprint density at radius 3 is 2.68 bits per heavy atom. The number of carbonyl (C=O) groups is 2. The second kappa shape index (κ2) is 9.30. The molecule has 1 fully saturated rings. The number of rotatable bonds is 5. The predicted octanol–water partition coefficient (Wildman–Crippen LogP) is 4.03. The van der Waals surface area contributed by atoms with Gasteiger partial charge in [-0.15, -0.1) is 0 Å². The van der Waals surface area contributed by atoms with Gasteiger partial charge in [0.2, 0.25) is 5.91 Å². The van der Waals surface area contributed by atoms with Gasteiger partial charge in [0, 0.05) is 40.9 Å². The maximum absolute atomic E-state index is 13.7. The Hall–Kier alpha value is -2.25. The second-order valence-electron chi connectivity index (χ2n) is 6.41. The first-order chi connectivity index (χ1) is 13.5. The fraction of sp³-hybridized carbons (Fsp3) is 0.300. The normalized spacial score (nSPS) is 13.9. The number of nitrogens with one attached hydrogen (secondary N) is 2. The van der Waals surface area contributed by atoms with Gasteiger partial charge in [-0.3, -0.25) is 9.59 Å². The van der Waals surface area contributed by atoms with Crippen LogP contribution >= 0.6 is 23.4 Å². The van der Waals surface area contributed by atoms with E-state index in [-0.39, 0.29) is 18.1 Å². The molecule has 2 aromatic rings. The quantitative estimate of drug-likeness (QED) is 0.765. The molecule has 3 rings (SSSR count). The number of nitrogens with zero attached hydrogens (tertiary/aromatic N) is 1. The van der Waals surface area contributed by atoms with Crippen molar-refractivity contribution < 1.29 is 14.0 Å². The van der Waals surface area contributed by atoms with Crippen LogP contribution in [0, 0.1) is 12.7 Å². The van der Waals surface area contributed by atoms with E-state index in [1.54, 1.807) is 12.1 Å². The van der Waals surface area contributed by atoms with E-state index in [1.165, 1.54) is 18.2 Å². The number of amides is 2. The zero-order valence-electron chi connectivity index (χ0n) is 15.4. The number of thioether (sulfide) groups is 1. The van der Waals surface area contributed by atoms with Crippen molar-refractivity contribution in [2.45, 2.75) is 6.92 Å². The van der Waals surface area contributed by atoms with Crippen LogP contribution in [-0.2, 0) is 4.79 Å². The Morgan fingerprint density at radius 2 is 1.93 bits per heavy atom. The number of benzene rings is 2. The highest BCUT2D eigenvalue weighted by atomic mass is 35.5. The van der Waals surface area contributed by atoms with E-state index in [4.69, 9.17) is 11.6 Å². The van der Waals surface area contributed by atoms with Crippen LogP contribution in [0.5, 0.6) is 0 Å². The summed E-state index contributed by atoms with van der Waals surface area (Å²) in [6.07, 6.45) is 0. The molecule has 1 aliphatic rings. The molecular formula is C20H21ClFN3O2S. The Labute approximate surface area is 172 Å². The number of anilines is 2. The molecule has 1 heterocycles. The van der Waals surface area contributed by atoms with Gasteiger partial charge in [-0.25, -0.2) is 4.39 Å². The average molecular weight is 422 g/mol. The fourth-order valence-electron chi connectivity index (χ4n) is 2.96. The SMILES string of the molecule is Cc1c(NCC(=O)Nc2cc(Cl)ccc2F)cccc1C(=O)N1CCSCC1. The molecule has 2 aromatic carbocycles. The topological polar surface area (TPSA) is 61.4 Å². The smallest absolute Gasteiger partial charge is 0.254 e. The molecule has 1 aliphatic heterocycles. The number of hydrogen-bond acceptors (Lipinski definition) is 4. The van der Waals surface area contributed by atoms with Gasteiger partial charge in [0.25, 0.3) is 5.91 Å². The first-order valence-corrected chi connectivity index (χ1v) is 10.4. The summed E-state index contributed by atoms with van der Waals surface area (Å²) < 4.78 is 13.7. The van der Waals surface area contributed by atoms with E-state index in [2.05, 4.69) is 10.6 Å². The lowest BCUT2D eigenvalue weighted by Gasteiger charge is -2.27. The van der Waals surface area contributed by atoms with E-state index >= 15 is 0 Å². The van der Waals surface area contributed by atoms with Gasteiger partial charge in [0.05, 0.1) is 12.2 Å². The van der Waals surface area contributed by atoms with Crippen LogP contribution in [0.15, 0.2) is 36.4 Å². The molecule has 0 aliphatic carbocycles. The Kier molecular flexibility index (Phi) is 6.80. The minimum atomic E-state index is -0.554. The third-order valence-corrected chi connectivity index (χ3v) is 5.68. The lowest BCUT2D eigenvalue weighted by atomic mass is 10.1. The van der Waals surface area contributed by atoms with Crippen LogP contribution in [0.2, 0.25) is 5.02 Å². The van der Waals surface area contributed by atoms with Gasteiger partial charge >= 0.3 is 0 Å². The van der Waals surface area contributed by atoms with Crippen molar-refractivity contribution in [1.29, 1.82) is 0 Å². The van der Waals surface area contributed by atoms with Crippen molar-refractivity contribution in [2.75, 3.05) is 41.8 Å². The molecule has 0 saturated carbocycles. The number of carbonyl (C=O) groups excluding carboxylic acids is 2. The van der Waals surface area contributed by atoms with Crippen LogP contribution in [0.4, 0.5) is 15.8 Å². The van der Waals surface area contributed by atoms with Gasteiger partial charge < -0.3 is 15.5 Å². The number of halogens is 2. The van der Waals surface area contributed by atoms with E-state index in [0.717, 1.165) is 30.2 Å². The Morgan fingerprint density at radius 1 is 1.18 bits per heavy atom. The largest absolute Gasteiger partial charge is 0.376 e. The Bertz CT molecular complexity index is 888. The van der Waals surface area contributed by atoms with E-state index in [0.29, 0.717) is 16.3 Å². The van der Waals surface area contributed by atoms with Gasteiger partial charge in [-0.05, 0) is 42.8 Å². The lowest BCUT2D eigenvalue weighted by Crippen LogP contribution is -2.38. The van der Waals surface area contributed by atoms with Crippen molar-refractivity contribution in [1.82, 2.24) is 4.90 Å². The first-order valence-electron chi connectivity index (χ1n) is 8.91. The number of hydrogen-bond donors (Lipinski definition) is 2. The molecule has 2 amide bonds. The molecule has 8 heteroatoms. The zero-order chi connectivity index (χ0) is 20.1. The van der Waals surface area contributed by atoms with Crippen LogP contribution in [0.3, 0.4) is 0 Å². The van der Waals surface area contributed by atoms with Crippen LogP contribution in [-0.4, -0.2) is 47.9 Å². The van der Waals surface area contributed by atoms with Crippen molar-refractivity contribution in [3.63, 3.8) is 0 Å². The molecule has 0 spiro atoms. The average Bonchev–Trinajstić information content (AvgIpc) is 2.70. The third-order valence-electron chi connectivity index (χ3n) is 4.50. The van der Waals surface area contributed by atoms with Crippen LogP contribution < -0.4 is 10.6 Å². The Balaban J connectivity index is 1.65. The maximum atomic E-state index is 13.7. The highest BCUT2D eigenvalue weighted by molar-refractivity contribution is 7.99. The highest BCUT2D eigenvalue weighted by Gasteiger charge is 2.21. The zero-order valence-corrected chi connectivity index (χ0v) is 17.0. The molecule has 0 aromatic heterocycles. The standard InChI is InChI=1S/C20H21ClFN3O2S/c1-13-15(20(27)25-7-9-28-10-8-25)3-2-4-17(13)23-12-19(26)24-18-11-14(21)5-6-16(18)22/h2-6,11,23H,7-10,12H2,1H3,(H,24,26). The maximum Gasteiger partial charge on any atom is 0.254 e. The van der Waals surface area contributed by atoms with Crippen molar-refractivity contribution in [3.05, 3.63) is 58.4 Å². The molecule has 0 bridgehead atoms. The van der Waals surface area contributed by atoms with Crippen LogP contribution in [0.25, 0.3) is 0 Å². The van der Waals surface area contributed by atoms with Crippen molar-refractivity contribution in [3.8, 4) is 0 Å². The summed E-state index contributed by atoms with van der Waals surface area (Å²) in [6, 6.07) is 9.37. The summed E-state index contributed by atoms with van der Waals surface area (Å²) in [5.74, 6) is 0.935. The monoisotopic (exact) mass is 421 g/mol. The lowest BCUT2D eigenvalue weighted by molar-refractivity contribution is -0.114. The summed E-state index contributed by atoms with van der Waals surface area (Å²) in [5, 5.41) is 5.85. The van der Waals surface area contributed by atoms with E-state index in [1.807, 2.05) is 29.7 Å². The molecule has 148 valence electrons. The first kappa shape index (κ1) is 20.5. The minimum Gasteiger partial charge on any atom is -0.376 e. The molecule has 0 radical (unpaired) electrons. The third kappa shape index (κ3) is 4.97. The summed E-state index contributed by atoms with van der Waals surface area (Å²) >= 11 is 7.68. The summed E-state index contributed by atoms with van der Waals surface area (Å²) in [6.45, 7) is 3.27. The van der Waals surface area contributed by atoms with Gasteiger partial charge in [0.1, 0.15) is 5.82 Å². The summed E-state index contributed by atoms with van der Waals surface area (Å²) in [5.41, 5.74) is 2.13. The fourth-order valence-corrected chi connectivity index (χ4v) is 4.03. The second-order valence-corrected chi connectivity index (χ2v) is 8.07. The van der Waals surface area contributed by atoms with Crippen molar-refractivity contribution >= 4 is 46.6 Å². The summed E-state index contributed by atoms with van der Waals surface area (Å²) in [4.78, 5) is 26.8. The molecule has 0 unspecified atom stereocenters. The van der Waals surface area contributed by atoms with Gasteiger partial charge in [0.15, 0.2) is 0 Å². The van der Waals surface area contributed by atoms with E-state index in [9.17, 15) is 14.0 Å². The van der Waals surface area contributed by atoms with Crippen LogP contribution in [0.1, 0.15) is 15.9 Å². The van der Waals surface area contributed by atoms with E-state index < -0.39 is 11.7 Å². The predicted molar refractivity (Wildman–Crippen MR) is 113 cm³/mol. The molecule has 28 heavy (non-hydrogen) atoms. The molecule has 5 nitrogen and oxygen atoms in total. The van der Waals surface area contributed by atoms with Crippen molar-refractivity contribution in [2.24, 2.45) is 0 Å². The van der Waals surface area contributed by atoms with Gasteiger partial charge in [-0.2, -0.15) is 11.8 Å². The highest BCUT2D eigenvalue weighted by Crippen LogP contribution is 2.22. The molecule has 1 saturated heterocycles. The molecular weight excluding hydrogens is 401 g/mol. The molecule has 2 N–H and O–H groups in total.